The normalized spacial score (nSPS) is 11.5. The molecule has 0 aliphatic rings. The van der Waals surface area contributed by atoms with Gasteiger partial charge in [0.2, 0.25) is 11.4 Å². The Morgan fingerprint density at radius 2 is 2.00 bits per heavy atom. The van der Waals surface area contributed by atoms with E-state index in [0.717, 1.165) is 17.7 Å². The van der Waals surface area contributed by atoms with Crippen molar-refractivity contribution in [3.05, 3.63) is 53.6 Å². The van der Waals surface area contributed by atoms with Gasteiger partial charge in [-0.25, -0.2) is 0 Å². The van der Waals surface area contributed by atoms with Gasteiger partial charge in [-0.1, -0.05) is 22.0 Å². The van der Waals surface area contributed by atoms with Gasteiger partial charge in [-0.3, -0.25) is 4.55 Å². The highest BCUT2D eigenvalue weighted by Crippen LogP contribution is 2.40. The number of nitrogens with zero attached hydrogens (tertiary/aromatic N) is 1. The number of nitrogens with two attached hydrogens (primary N) is 1. The van der Waals surface area contributed by atoms with E-state index >= 15 is 0 Å². The first-order valence-corrected chi connectivity index (χ1v) is 10.2. The SMILES string of the molecule is Cc1cccc2c(O)c(N[C+]=O)cc(N=[NH+]C(=S)c3cc(S(=O)(=O)O)ccc3N)c12. The van der Waals surface area contributed by atoms with Crippen molar-refractivity contribution in [3.63, 3.8) is 0 Å². The lowest BCUT2D eigenvalue weighted by molar-refractivity contribution is -0.392. The zero-order chi connectivity index (χ0) is 22.1. The lowest BCUT2D eigenvalue weighted by Crippen LogP contribution is -2.70. The van der Waals surface area contributed by atoms with Gasteiger partial charge in [0.1, 0.15) is 0 Å². The number of amides is 1. The second kappa shape index (κ2) is 8.09. The highest BCUT2D eigenvalue weighted by Gasteiger charge is 2.21. The number of phenols is 1. The van der Waals surface area contributed by atoms with E-state index in [1.807, 2.05) is 13.0 Å². The minimum absolute atomic E-state index is 0.00395. The predicted octanol–water partition coefficient (Wildman–Crippen LogP) is 1.70. The topological polar surface area (TPSA) is 156 Å². The van der Waals surface area contributed by atoms with Crippen molar-refractivity contribution in [3.8, 4) is 5.75 Å². The minimum Gasteiger partial charge on any atom is -0.490 e. The second-order valence-corrected chi connectivity index (χ2v) is 8.12. The van der Waals surface area contributed by atoms with E-state index < -0.39 is 10.1 Å². The van der Waals surface area contributed by atoms with Crippen molar-refractivity contribution in [2.45, 2.75) is 11.8 Å². The van der Waals surface area contributed by atoms with Crippen LogP contribution in [0.2, 0.25) is 0 Å². The van der Waals surface area contributed by atoms with E-state index in [1.54, 1.807) is 12.1 Å². The van der Waals surface area contributed by atoms with E-state index in [4.69, 9.17) is 18.0 Å². The van der Waals surface area contributed by atoms with Crippen LogP contribution in [0.4, 0.5) is 17.1 Å². The van der Waals surface area contributed by atoms with Gasteiger partial charge in [-0.05, 0) is 49.0 Å². The Kier molecular flexibility index (Phi) is 5.72. The van der Waals surface area contributed by atoms with Crippen molar-refractivity contribution in [2.75, 3.05) is 11.1 Å². The first kappa shape index (κ1) is 21.2. The number of thiocarbonyl (C=S) groups is 1. The zero-order valence-electron chi connectivity index (χ0n) is 15.5. The van der Waals surface area contributed by atoms with Gasteiger partial charge < -0.3 is 10.8 Å². The van der Waals surface area contributed by atoms with Crippen LogP contribution in [0, 0.1) is 6.92 Å². The number of azo groups is 1. The number of hydrogen-bond acceptors (Lipinski definition) is 7. The van der Waals surface area contributed by atoms with Gasteiger partial charge in [0.15, 0.2) is 5.69 Å². The summed E-state index contributed by atoms with van der Waals surface area (Å²) < 4.78 is 32.0. The van der Waals surface area contributed by atoms with E-state index in [2.05, 4.69) is 15.5 Å². The molecule has 0 saturated carbocycles. The molecule has 152 valence electrons. The third-order valence-corrected chi connectivity index (χ3v) is 5.51. The second-order valence-electron chi connectivity index (χ2n) is 6.29. The third-order valence-electron chi connectivity index (χ3n) is 4.35. The maximum Gasteiger partial charge on any atom is 0.458 e. The molecule has 3 rings (SSSR count). The molecule has 3 aromatic rings. The lowest BCUT2D eigenvalue weighted by atomic mass is 10.0. The summed E-state index contributed by atoms with van der Waals surface area (Å²) in [5.74, 6) is -0.135. The summed E-state index contributed by atoms with van der Waals surface area (Å²) in [6.07, 6.45) is 1.50. The highest BCUT2D eigenvalue weighted by atomic mass is 32.2. The number of benzene rings is 3. The van der Waals surface area contributed by atoms with Crippen LogP contribution in [-0.4, -0.2) is 29.5 Å². The number of aryl methyl sites for hydroxylation is 1. The van der Waals surface area contributed by atoms with Gasteiger partial charge in [0, 0.05) is 16.2 Å². The lowest BCUT2D eigenvalue weighted by Gasteiger charge is -2.05. The number of aromatic hydroxyl groups is 1. The monoisotopic (exact) mass is 444 g/mol. The summed E-state index contributed by atoms with van der Waals surface area (Å²) in [5.41, 5.74) is 7.47. The summed E-state index contributed by atoms with van der Waals surface area (Å²) in [6, 6.07) is 10.2. The molecule has 0 bridgehead atoms. The molecule has 9 nitrogen and oxygen atoms in total. The number of phenolic OH excluding ortho intramolecular Hbond substituents is 1. The average molecular weight is 444 g/mol. The molecule has 0 spiro atoms. The molecule has 0 saturated heterocycles. The van der Waals surface area contributed by atoms with Crippen LogP contribution >= 0.6 is 12.2 Å². The number of nitrogen functional groups attached to an aromatic ring is 1. The van der Waals surface area contributed by atoms with Crippen molar-refractivity contribution in [1.29, 1.82) is 0 Å². The first-order chi connectivity index (χ1) is 14.1. The molecule has 6 N–H and O–H groups in total. The average Bonchev–Trinajstić information content (AvgIpc) is 2.68. The fourth-order valence-corrected chi connectivity index (χ4v) is 3.66. The van der Waals surface area contributed by atoms with Crippen molar-refractivity contribution in [2.24, 2.45) is 5.11 Å². The molecule has 3 aromatic carbocycles. The molecule has 0 fully saturated rings. The summed E-state index contributed by atoms with van der Waals surface area (Å²) >= 11 is 5.27. The Hall–Kier alpha value is -3.50. The Labute approximate surface area is 177 Å². The highest BCUT2D eigenvalue weighted by molar-refractivity contribution is 7.85. The quantitative estimate of drug-likeness (QED) is 0.0762. The maximum absolute atomic E-state index is 11.4. The van der Waals surface area contributed by atoms with E-state index in [0.29, 0.717) is 16.5 Å². The number of rotatable bonds is 5. The van der Waals surface area contributed by atoms with Crippen molar-refractivity contribution in [1.82, 2.24) is 0 Å². The molecule has 11 heteroatoms. The van der Waals surface area contributed by atoms with E-state index in [-0.39, 0.29) is 32.6 Å². The fraction of sp³-hybridized carbons (Fsp3) is 0.0526. The molecule has 30 heavy (non-hydrogen) atoms. The maximum atomic E-state index is 11.4. The van der Waals surface area contributed by atoms with Gasteiger partial charge >= 0.3 is 11.4 Å². The molecule has 1 amide bonds. The molecular formula is C19H16N4O5S2+2. The Bertz CT molecular complexity index is 1320. The Morgan fingerprint density at radius 3 is 2.67 bits per heavy atom. The number of fused-ring (bicyclic) bond motifs is 1. The number of hydrogen-bond donors (Lipinski definition) is 5. The number of carbonyl (C=O) groups excluding carboxylic acids is 1. The Balaban J connectivity index is 2.11. The van der Waals surface area contributed by atoms with Crippen LogP contribution in [0.15, 0.2) is 52.5 Å². The van der Waals surface area contributed by atoms with Gasteiger partial charge in [-0.2, -0.15) is 8.42 Å². The molecule has 0 aliphatic heterocycles. The zero-order valence-corrected chi connectivity index (χ0v) is 17.1. The number of anilines is 2. The third kappa shape index (κ3) is 4.09. The van der Waals surface area contributed by atoms with Gasteiger partial charge in [0.05, 0.1) is 21.9 Å². The molecule has 0 aromatic heterocycles. The van der Waals surface area contributed by atoms with Crippen molar-refractivity contribution >= 4 is 61.6 Å². The van der Waals surface area contributed by atoms with Crippen LogP contribution < -0.4 is 16.2 Å². The molecular weight excluding hydrogens is 428 g/mol. The largest absolute Gasteiger partial charge is 0.490 e. The van der Waals surface area contributed by atoms with Crippen LogP contribution in [0.5, 0.6) is 5.75 Å². The summed E-state index contributed by atoms with van der Waals surface area (Å²) in [4.78, 5) is 10.4. The Morgan fingerprint density at radius 1 is 1.27 bits per heavy atom. The first-order valence-electron chi connectivity index (χ1n) is 8.40. The minimum atomic E-state index is -4.44. The van der Waals surface area contributed by atoms with E-state index in [9.17, 15) is 22.9 Å². The van der Waals surface area contributed by atoms with Crippen LogP contribution in [-0.2, 0) is 14.9 Å². The summed E-state index contributed by atoms with van der Waals surface area (Å²) in [7, 11) is -4.44. The van der Waals surface area contributed by atoms with Gasteiger partial charge in [-0.15, -0.1) is 5.32 Å². The van der Waals surface area contributed by atoms with Crippen molar-refractivity contribution < 1.29 is 28.0 Å². The fourth-order valence-electron chi connectivity index (χ4n) is 2.93. The molecule has 0 unspecified atom stereocenters. The van der Waals surface area contributed by atoms with E-state index in [1.165, 1.54) is 18.5 Å². The molecule has 0 atom stereocenters. The summed E-state index contributed by atoms with van der Waals surface area (Å²) in [6.45, 7) is 1.83. The molecule has 0 aliphatic carbocycles. The molecule has 0 heterocycles. The number of nitrogens with one attached hydrogen (secondary N) is 2. The smallest absolute Gasteiger partial charge is 0.458 e. The predicted molar refractivity (Wildman–Crippen MR) is 115 cm³/mol. The summed E-state index contributed by atoms with van der Waals surface area (Å²) in [5, 5.41) is 20.6. The van der Waals surface area contributed by atoms with Crippen LogP contribution in [0.25, 0.3) is 10.8 Å². The van der Waals surface area contributed by atoms with Crippen LogP contribution in [0.1, 0.15) is 11.1 Å². The van der Waals surface area contributed by atoms with Gasteiger partial charge in [0.25, 0.3) is 10.1 Å². The van der Waals surface area contributed by atoms with Crippen LogP contribution in [0.3, 0.4) is 0 Å². The standard InChI is InChI=1S/C19H14N4O5S2/c1-10-3-2-4-12-17(10)15(8-16(18(12)25)21-9-24)22-23-19(29)13-7-11(30(26,27)28)5-6-14(13)20/h2-8H,1H3,(H4-,20,21,22,23,24,25,26,27,28,29)/p+2. The molecule has 0 radical (unpaired) electrons.